The third kappa shape index (κ3) is 2.55. The van der Waals surface area contributed by atoms with E-state index in [1.165, 1.54) is 0 Å². The Kier molecular flexibility index (Phi) is 4.04. The number of carbonyl (C=O) groups excluding carboxylic acids is 3. The molecule has 136 valence electrons. The van der Waals surface area contributed by atoms with Crippen molar-refractivity contribution in [2.45, 2.75) is 18.6 Å². The first-order valence-electron chi connectivity index (χ1n) is 8.85. The third-order valence-electron chi connectivity index (χ3n) is 5.52. The second-order valence-electron chi connectivity index (χ2n) is 6.97. The second-order valence-corrected chi connectivity index (χ2v) is 6.97. The van der Waals surface area contributed by atoms with Gasteiger partial charge in [-0.2, -0.15) is 0 Å². The topological polar surface area (TPSA) is 88.2 Å². The maximum absolute atomic E-state index is 13.0. The van der Waals surface area contributed by atoms with Crippen molar-refractivity contribution < 1.29 is 23.9 Å². The lowest BCUT2D eigenvalue weighted by Gasteiger charge is -2.32. The van der Waals surface area contributed by atoms with Gasteiger partial charge in [0.15, 0.2) is 0 Å². The maximum atomic E-state index is 13.0. The minimum absolute atomic E-state index is 0.0493. The van der Waals surface area contributed by atoms with Crippen LogP contribution in [0.3, 0.4) is 0 Å². The van der Waals surface area contributed by atoms with Gasteiger partial charge in [-0.25, -0.2) is 0 Å². The molecule has 3 fully saturated rings. The van der Waals surface area contributed by atoms with Crippen molar-refractivity contribution >= 4 is 17.7 Å². The van der Waals surface area contributed by atoms with E-state index in [4.69, 9.17) is 9.47 Å². The first-order valence-corrected chi connectivity index (χ1v) is 8.85. The van der Waals surface area contributed by atoms with Gasteiger partial charge in [0, 0.05) is 26.2 Å². The SMILES string of the molecule is CCOCCN1C[C@]23C=C[C@H](O2)C(C(=O)N2CCNC(=O)C2)C3C1=O. The first-order chi connectivity index (χ1) is 12.1. The van der Waals surface area contributed by atoms with Gasteiger partial charge in [0.1, 0.15) is 5.60 Å². The zero-order chi connectivity index (χ0) is 17.6. The van der Waals surface area contributed by atoms with Crippen molar-refractivity contribution in [3.63, 3.8) is 0 Å². The number of hydrogen-bond donors (Lipinski definition) is 1. The molecule has 0 aromatic heterocycles. The second kappa shape index (κ2) is 6.10. The van der Waals surface area contributed by atoms with Crippen LogP contribution in [0.5, 0.6) is 0 Å². The van der Waals surface area contributed by atoms with Gasteiger partial charge in [0.25, 0.3) is 0 Å². The smallest absolute Gasteiger partial charge is 0.239 e. The number of amides is 3. The molecule has 3 saturated heterocycles. The average molecular weight is 349 g/mol. The van der Waals surface area contributed by atoms with Crippen molar-refractivity contribution in [3.8, 4) is 0 Å². The lowest BCUT2D eigenvalue weighted by atomic mass is 9.76. The van der Waals surface area contributed by atoms with E-state index < -0.39 is 17.4 Å². The average Bonchev–Trinajstić information content (AvgIpc) is 3.23. The molecule has 4 heterocycles. The number of rotatable bonds is 5. The summed E-state index contributed by atoms with van der Waals surface area (Å²) < 4.78 is 11.4. The predicted molar refractivity (Wildman–Crippen MR) is 86.4 cm³/mol. The summed E-state index contributed by atoms with van der Waals surface area (Å²) in [6.07, 6.45) is 3.45. The highest BCUT2D eigenvalue weighted by Crippen LogP contribution is 2.52. The van der Waals surface area contributed by atoms with Gasteiger partial charge >= 0.3 is 0 Å². The number of nitrogens with one attached hydrogen (secondary N) is 1. The quantitative estimate of drug-likeness (QED) is 0.496. The zero-order valence-electron chi connectivity index (χ0n) is 14.3. The minimum atomic E-state index is -0.702. The Bertz CT molecular complexity index is 636. The van der Waals surface area contributed by atoms with Crippen LogP contribution in [0.1, 0.15) is 6.92 Å². The van der Waals surface area contributed by atoms with Crippen LogP contribution < -0.4 is 5.32 Å². The van der Waals surface area contributed by atoms with Gasteiger partial charge in [0.2, 0.25) is 17.7 Å². The standard InChI is InChI=1S/C17H23N3O5/c1-2-24-8-7-20-10-17-4-3-11(25-17)13(14(17)16(20)23)15(22)19-6-5-18-12(21)9-19/h3-4,11,13-14H,2,5-10H2,1H3,(H,18,21)/t11-,13?,14?,17-/m0/s1. The maximum Gasteiger partial charge on any atom is 0.239 e. The number of carbonyl (C=O) groups is 3. The van der Waals surface area contributed by atoms with Crippen LogP contribution >= 0.6 is 0 Å². The molecule has 8 heteroatoms. The molecule has 4 aliphatic rings. The molecule has 0 aliphatic carbocycles. The summed E-state index contributed by atoms with van der Waals surface area (Å²) in [5.41, 5.74) is -0.702. The van der Waals surface area contributed by atoms with Gasteiger partial charge in [0.05, 0.1) is 37.6 Å². The highest BCUT2D eigenvalue weighted by atomic mass is 16.5. The Morgan fingerprint density at radius 1 is 1.48 bits per heavy atom. The van der Waals surface area contributed by atoms with Crippen LogP contribution in [-0.2, 0) is 23.9 Å². The highest BCUT2D eigenvalue weighted by molar-refractivity contribution is 5.94. The van der Waals surface area contributed by atoms with E-state index in [0.29, 0.717) is 39.4 Å². The summed E-state index contributed by atoms with van der Waals surface area (Å²) in [6, 6.07) is 0. The molecular weight excluding hydrogens is 326 g/mol. The van der Waals surface area contributed by atoms with Crippen LogP contribution in [0.25, 0.3) is 0 Å². The summed E-state index contributed by atoms with van der Waals surface area (Å²) in [4.78, 5) is 40.8. The molecule has 0 aromatic carbocycles. The van der Waals surface area contributed by atoms with Crippen molar-refractivity contribution in [2.24, 2.45) is 11.8 Å². The summed E-state index contributed by atoms with van der Waals surface area (Å²) in [5, 5.41) is 2.71. The summed E-state index contributed by atoms with van der Waals surface area (Å²) >= 11 is 0. The van der Waals surface area contributed by atoms with E-state index in [2.05, 4.69) is 5.32 Å². The number of fused-ring (bicyclic) bond motifs is 1. The van der Waals surface area contributed by atoms with Crippen LogP contribution in [0.2, 0.25) is 0 Å². The molecule has 8 nitrogen and oxygen atoms in total. The van der Waals surface area contributed by atoms with E-state index in [1.807, 2.05) is 19.1 Å². The molecule has 4 rings (SSSR count). The fourth-order valence-electron chi connectivity index (χ4n) is 4.41. The molecule has 0 saturated carbocycles. The minimum Gasteiger partial charge on any atom is -0.380 e. The van der Waals surface area contributed by atoms with Gasteiger partial charge < -0.3 is 24.6 Å². The fourth-order valence-corrected chi connectivity index (χ4v) is 4.41. The molecule has 0 radical (unpaired) electrons. The Hall–Kier alpha value is -1.93. The van der Waals surface area contributed by atoms with E-state index in [1.54, 1.807) is 9.80 Å². The van der Waals surface area contributed by atoms with Gasteiger partial charge in [-0.1, -0.05) is 12.2 Å². The van der Waals surface area contributed by atoms with E-state index in [0.717, 1.165) is 0 Å². The Morgan fingerprint density at radius 2 is 2.32 bits per heavy atom. The monoisotopic (exact) mass is 349 g/mol. The number of ether oxygens (including phenoxy) is 2. The number of piperazine rings is 1. The van der Waals surface area contributed by atoms with Crippen LogP contribution in [0.15, 0.2) is 12.2 Å². The van der Waals surface area contributed by atoms with Crippen LogP contribution in [0, 0.1) is 11.8 Å². The molecule has 0 aromatic rings. The fraction of sp³-hybridized carbons (Fsp3) is 0.706. The molecular formula is C17H23N3O5. The summed E-state index contributed by atoms with van der Waals surface area (Å²) in [6.45, 7) is 4.92. The summed E-state index contributed by atoms with van der Waals surface area (Å²) in [7, 11) is 0. The van der Waals surface area contributed by atoms with Crippen molar-refractivity contribution in [2.75, 3.05) is 45.9 Å². The van der Waals surface area contributed by atoms with Crippen molar-refractivity contribution in [1.82, 2.24) is 15.1 Å². The highest BCUT2D eigenvalue weighted by Gasteiger charge is 2.67. The molecule has 1 N–H and O–H groups in total. The largest absolute Gasteiger partial charge is 0.380 e. The predicted octanol–water partition coefficient (Wildman–Crippen LogP) is -1.24. The van der Waals surface area contributed by atoms with E-state index >= 15 is 0 Å². The van der Waals surface area contributed by atoms with Crippen molar-refractivity contribution in [1.29, 1.82) is 0 Å². The molecule has 4 atom stereocenters. The first kappa shape index (κ1) is 16.5. The van der Waals surface area contributed by atoms with Gasteiger partial charge in [-0.3, -0.25) is 14.4 Å². The molecule has 1 spiro atoms. The Labute approximate surface area is 146 Å². The van der Waals surface area contributed by atoms with Crippen LogP contribution in [0.4, 0.5) is 0 Å². The van der Waals surface area contributed by atoms with E-state index in [9.17, 15) is 14.4 Å². The van der Waals surface area contributed by atoms with Crippen molar-refractivity contribution in [3.05, 3.63) is 12.2 Å². The Balaban J connectivity index is 1.53. The number of likely N-dealkylation sites (tertiary alicyclic amines) is 1. The summed E-state index contributed by atoms with van der Waals surface area (Å²) in [5.74, 6) is -1.41. The molecule has 25 heavy (non-hydrogen) atoms. The van der Waals surface area contributed by atoms with Gasteiger partial charge in [-0.15, -0.1) is 0 Å². The van der Waals surface area contributed by atoms with Crippen LogP contribution in [-0.4, -0.2) is 85.2 Å². The molecule has 4 aliphatic heterocycles. The molecule has 2 bridgehead atoms. The molecule has 2 unspecified atom stereocenters. The number of nitrogens with zero attached hydrogens (tertiary/aromatic N) is 2. The Morgan fingerprint density at radius 3 is 3.08 bits per heavy atom. The zero-order valence-corrected chi connectivity index (χ0v) is 14.3. The normalized spacial score (nSPS) is 36.1. The van der Waals surface area contributed by atoms with E-state index in [-0.39, 0.29) is 30.4 Å². The number of hydrogen-bond acceptors (Lipinski definition) is 5. The molecule has 3 amide bonds. The lowest BCUT2D eigenvalue weighted by molar-refractivity contribution is -0.146. The third-order valence-corrected chi connectivity index (χ3v) is 5.52. The lowest BCUT2D eigenvalue weighted by Crippen LogP contribution is -2.54. The van der Waals surface area contributed by atoms with Gasteiger partial charge in [-0.05, 0) is 6.92 Å².